The summed E-state index contributed by atoms with van der Waals surface area (Å²) in [7, 11) is -4.00. The molecule has 0 aromatic rings. The monoisotopic (exact) mass is 180 g/mol. The Balaban J connectivity index is 3.68. The van der Waals surface area contributed by atoms with Crippen LogP contribution in [0.4, 0.5) is 0 Å². The van der Waals surface area contributed by atoms with Gasteiger partial charge in [0.05, 0.1) is 6.26 Å². The smallest absolute Gasteiger partial charge is 0.357 e. The molecule has 0 radical (unpaired) electrons. The van der Waals surface area contributed by atoms with Crippen LogP contribution in [0.5, 0.6) is 0 Å². The molecule has 1 atom stereocenters. The third-order valence-electron chi connectivity index (χ3n) is 0.569. The molecule has 0 N–H and O–H groups in total. The molecule has 0 bridgehead atoms. The molecule has 0 amide bonds. The lowest BCUT2D eigenvalue weighted by Crippen LogP contribution is -2.21. The highest BCUT2D eigenvalue weighted by atomic mass is 31.1. The summed E-state index contributed by atoms with van der Waals surface area (Å²) in [5.74, 6) is 0. The van der Waals surface area contributed by atoms with Crippen LogP contribution in [0.25, 0.3) is 0 Å². The summed E-state index contributed by atoms with van der Waals surface area (Å²) in [4.78, 5) is 0. The molecule has 5 heteroatoms. The molecular weight excluding hydrogens is 167 g/mol. The van der Waals surface area contributed by atoms with Crippen molar-refractivity contribution in [3.63, 3.8) is 0 Å². The molecule has 0 spiro atoms. The standard InChI is InChI=1S/C5H13O3PSi/c1-5-7-9(6)8-10(2,3)4/h5,9H,1H2,2-4H3. The average molecular weight is 180 g/mol. The van der Waals surface area contributed by atoms with Crippen molar-refractivity contribution in [3.05, 3.63) is 12.8 Å². The van der Waals surface area contributed by atoms with Crippen molar-refractivity contribution >= 4 is 16.6 Å². The molecule has 0 aliphatic carbocycles. The van der Waals surface area contributed by atoms with E-state index in [0.717, 1.165) is 6.26 Å². The number of rotatable bonds is 4. The summed E-state index contributed by atoms with van der Waals surface area (Å²) in [6, 6.07) is 0. The van der Waals surface area contributed by atoms with Crippen molar-refractivity contribution < 1.29 is 13.3 Å². The highest BCUT2D eigenvalue weighted by Crippen LogP contribution is 2.28. The minimum atomic E-state index is -2.30. The maximum atomic E-state index is 10.8. The minimum Gasteiger partial charge on any atom is -0.435 e. The van der Waals surface area contributed by atoms with Crippen molar-refractivity contribution in [2.45, 2.75) is 19.6 Å². The van der Waals surface area contributed by atoms with Crippen LogP contribution in [0.2, 0.25) is 19.6 Å². The third kappa shape index (κ3) is 6.07. The fraction of sp³-hybridized carbons (Fsp3) is 0.600. The average Bonchev–Trinajstić information content (AvgIpc) is 1.59. The number of hydrogen-bond donors (Lipinski definition) is 0. The van der Waals surface area contributed by atoms with E-state index in [1.165, 1.54) is 0 Å². The van der Waals surface area contributed by atoms with Gasteiger partial charge in [-0.3, -0.25) is 0 Å². The molecule has 0 aliphatic heterocycles. The van der Waals surface area contributed by atoms with Gasteiger partial charge >= 0.3 is 8.25 Å². The molecule has 1 unspecified atom stereocenters. The maximum absolute atomic E-state index is 10.8. The van der Waals surface area contributed by atoms with Crippen molar-refractivity contribution in [2.75, 3.05) is 0 Å². The van der Waals surface area contributed by atoms with Gasteiger partial charge in [-0.25, -0.2) is 4.57 Å². The molecule has 0 aromatic heterocycles. The molecule has 0 heterocycles. The van der Waals surface area contributed by atoms with Crippen LogP contribution in [0.3, 0.4) is 0 Å². The van der Waals surface area contributed by atoms with E-state index in [4.69, 9.17) is 4.21 Å². The van der Waals surface area contributed by atoms with Crippen LogP contribution < -0.4 is 0 Å². The van der Waals surface area contributed by atoms with Crippen LogP contribution in [0, 0.1) is 0 Å². The summed E-state index contributed by atoms with van der Waals surface area (Å²) in [5, 5.41) is 0. The summed E-state index contributed by atoms with van der Waals surface area (Å²) in [6.07, 6.45) is 1.14. The first-order valence-corrected chi connectivity index (χ1v) is 7.59. The Morgan fingerprint density at radius 3 is 2.30 bits per heavy atom. The molecule has 3 nitrogen and oxygen atoms in total. The zero-order valence-corrected chi connectivity index (χ0v) is 8.51. The van der Waals surface area contributed by atoms with E-state index in [1.54, 1.807) is 0 Å². The van der Waals surface area contributed by atoms with E-state index in [1.807, 2.05) is 19.6 Å². The largest absolute Gasteiger partial charge is 0.435 e. The first-order chi connectivity index (χ1) is 4.45. The van der Waals surface area contributed by atoms with E-state index in [9.17, 15) is 4.57 Å². The van der Waals surface area contributed by atoms with Gasteiger partial charge in [0.1, 0.15) is 0 Å². The number of hydrogen-bond acceptors (Lipinski definition) is 3. The maximum Gasteiger partial charge on any atom is 0.357 e. The Bertz CT molecular complexity index is 140. The zero-order chi connectivity index (χ0) is 8.20. The Labute approximate surface area is 63.1 Å². The predicted molar refractivity (Wildman–Crippen MR) is 44.7 cm³/mol. The molecule has 60 valence electrons. The second-order valence-corrected chi connectivity index (χ2v) is 8.53. The molecule has 0 fully saturated rings. The quantitative estimate of drug-likeness (QED) is 0.378. The molecule has 0 saturated heterocycles. The van der Waals surface area contributed by atoms with Gasteiger partial charge in [0.15, 0.2) is 8.32 Å². The Kier molecular flexibility index (Phi) is 3.94. The van der Waals surface area contributed by atoms with Crippen LogP contribution in [0.15, 0.2) is 12.8 Å². The van der Waals surface area contributed by atoms with E-state index < -0.39 is 16.6 Å². The molecule has 0 aromatic carbocycles. The lowest BCUT2D eigenvalue weighted by molar-refractivity contribution is 0.383. The van der Waals surface area contributed by atoms with E-state index in [-0.39, 0.29) is 0 Å². The Morgan fingerprint density at radius 2 is 2.00 bits per heavy atom. The van der Waals surface area contributed by atoms with Crippen molar-refractivity contribution in [1.82, 2.24) is 0 Å². The molecule has 10 heavy (non-hydrogen) atoms. The zero-order valence-electron chi connectivity index (χ0n) is 6.51. The van der Waals surface area contributed by atoms with Crippen molar-refractivity contribution in [3.8, 4) is 0 Å². The highest BCUT2D eigenvalue weighted by molar-refractivity contribution is 7.35. The fourth-order valence-corrected chi connectivity index (χ4v) is 2.67. The lowest BCUT2D eigenvalue weighted by atomic mass is 11.2. The van der Waals surface area contributed by atoms with Crippen molar-refractivity contribution in [1.29, 1.82) is 0 Å². The second kappa shape index (κ2) is 3.96. The van der Waals surface area contributed by atoms with Gasteiger partial charge in [0.25, 0.3) is 0 Å². The summed E-state index contributed by atoms with van der Waals surface area (Å²) < 4.78 is 20.4. The molecule has 0 rings (SSSR count). The normalized spacial score (nSPS) is 14.3. The predicted octanol–water partition coefficient (Wildman–Crippen LogP) is 2.39. The lowest BCUT2D eigenvalue weighted by Gasteiger charge is -2.14. The van der Waals surface area contributed by atoms with Gasteiger partial charge in [-0.1, -0.05) is 6.58 Å². The first kappa shape index (κ1) is 9.95. The van der Waals surface area contributed by atoms with E-state index >= 15 is 0 Å². The Hall–Kier alpha value is -0.0531. The summed E-state index contributed by atoms with van der Waals surface area (Å²) in [5.41, 5.74) is 0. The van der Waals surface area contributed by atoms with Gasteiger partial charge in [-0.2, -0.15) is 0 Å². The van der Waals surface area contributed by atoms with Gasteiger partial charge in [-0.15, -0.1) is 0 Å². The minimum absolute atomic E-state index is 1.14. The first-order valence-electron chi connectivity index (χ1n) is 2.96. The van der Waals surface area contributed by atoms with Crippen LogP contribution in [-0.4, -0.2) is 8.32 Å². The Morgan fingerprint density at radius 1 is 1.50 bits per heavy atom. The third-order valence-corrected chi connectivity index (χ3v) is 4.04. The summed E-state index contributed by atoms with van der Waals surface area (Å²) >= 11 is 0. The topological polar surface area (TPSA) is 35.5 Å². The van der Waals surface area contributed by atoms with Crippen molar-refractivity contribution in [2.24, 2.45) is 0 Å². The van der Waals surface area contributed by atoms with Crippen LogP contribution >= 0.6 is 8.25 Å². The van der Waals surface area contributed by atoms with Crippen LogP contribution in [-0.2, 0) is 13.3 Å². The van der Waals surface area contributed by atoms with Gasteiger partial charge < -0.3 is 8.74 Å². The second-order valence-electron chi connectivity index (χ2n) is 2.75. The fourth-order valence-electron chi connectivity index (χ4n) is 0.342. The van der Waals surface area contributed by atoms with E-state index in [2.05, 4.69) is 11.1 Å². The van der Waals surface area contributed by atoms with Crippen LogP contribution in [0.1, 0.15) is 0 Å². The van der Waals surface area contributed by atoms with E-state index in [0.29, 0.717) is 0 Å². The molecule has 0 saturated carbocycles. The van der Waals surface area contributed by atoms with Gasteiger partial charge in [0, 0.05) is 0 Å². The molecular formula is C5H13O3PSi. The summed E-state index contributed by atoms with van der Waals surface area (Å²) in [6.45, 7) is 9.11. The highest BCUT2D eigenvalue weighted by Gasteiger charge is 2.17. The van der Waals surface area contributed by atoms with Gasteiger partial charge in [0.2, 0.25) is 0 Å². The SMILES string of the molecule is C=CO[PH](=O)O[Si](C)(C)C. The van der Waals surface area contributed by atoms with Gasteiger partial charge in [-0.05, 0) is 19.6 Å². The molecule has 0 aliphatic rings.